The van der Waals surface area contributed by atoms with Gasteiger partial charge in [0.05, 0.1) is 5.69 Å². The van der Waals surface area contributed by atoms with Crippen molar-refractivity contribution in [3.05, 3.63) is 24.5 Å². The molecule has 1 aliphatic rings. The molecule has 0 atom stereocenters. The summed E-state index contributed by atoms with van der Waals surface area (Å²) in [6.45, 7) is 11.2. The van der Waals surface area contributed by atoms with E-state index in [9.17, 15) is 0 Å². The summed E-state index contributed by atoms with van der Waals surface area (Å²) in [5, 5.41) is 3.43. The van der Waals surface area contributed by atoms with Crippen LogP contribution in [0.4, 0.5) is 5.95 Å². The number of imidazole rings is 1. The lowest BCUT2D eigenvalue weighted by Crippen LogP contribution is -2.34. The second-order valence-electron chi connectivity index (χ2n) is 4.98. The quantitative estimate of drug-likeness (QED) is 0.784. The Morgan fingerprint density at radius 3 is 2.89 bits per heavy atom. The van der Waals surface area contributed by atoms with Gasteiger partial charge in [0.15, 0.2) is 0 Å². The fourth-order valence-corrected chi connectivity index (χ4v) is 2.47. The smallest absolute Gasteiger partial charge is 0.203 e. The molecule has 1 aromatic heterocycles. The molecule has 0 aliphatic carbocycles. The van der Waals surface area contributed by atoms with Crippen LogP contribution in [-0.2, 0) is 6.54 Å². The minimum absolute atomic E-state index is 0.812. The van der Waals surface area contributed by atoms with Gasteiger partial charge in [-0.15, -0.1) is 6.58 Å². The van der Waals surface area contributed by atoms with E-state index in [1.807, 2.05) is 13.0 Å². The standard InChI is InChI=1S/C14H24N4/c1-3-8-18-12-13(2)16-14(18)15-7-11-17-9-5-4-6-10-17/h3,12H,1,4-11H2,2H3,(H,15,16). The number of anilines is 1. The Hall–Kier alpha value is -1.29. The summed E-state index contributed by atoms with van der Waals surface area (Å²) in [5.74, 6) is 0.962. The van der Waals surface area contributed by atoms with Crippen LogP contribution in [0.3, 0.4) is 0 Å². The number of allylic oxidation sites excluding steroid dienone is 1. The molecule has 0 spiro atoms. The van der Waals surface area contributed by atoms with E-state index in [0.29, 0.717) is 0 Å². The number of aryl methyl sites for hydroxylation is 1. The minimum atomic E-state index is 0.812. The monoisotopic (exact) mass is 248 g/mol. The molecule has 1 N–H and O–H groups in total. The van der Waals surface area contributed by atoms with Crippen LogP contribution in [0.1, 0.15) is 25.0 Å². The first-order valence-corrected chi connectivity index (χ1v) is 6.90. The molecule has 2 rings (SSSR count). The topological polar surface area (TPSA) is 33.1 Å². The van der Waals surface area contributed by atoms with Crippen LogP contribution in [-0.4, -0.2) is 40.6 Å². The van der Waals surface area contributed by atoms with Gasteiger partial charge in [0.2, 0.25) is 5.95 Å². The number of piperidine rings is 1. The molecule has 4 nitrogen and oxygen atoms in total. The Kier molecular flexibility index (Phi) is 4.81. The van der Waals surface area contributed by atoms with E-state index in [1.165, 1.54) is 32.4 Å². The second kappa shape index (κ2) is 6.59. The molecule has 1 fully saturated rings. The zero-order valence-electron chi connectivity index (χ0n) is 11.4. The second-order valence-corrected chi connectivity index (χ2v) is 4.98. The Balaban J connectivity index is 1.79. The lowest BCUT2D eigenvalue weighted by atomic mass is 10.1. The van der Waals surface area contributed by atoms with Crippen molar-refractivity contribution < 1.29 is 0 Å². The summed E-state index contributed by atoms with van der Waals surface area (Å²) in [5.41, 5.74) is 1.05. The molecular weight excluding hydrogens is 224 g/mol. The molecule has 0 radical (unpaired) electrons. The number of aromatic nitrogens is 2. The maximum Gasteiger partial charge on any atom is 0.203 e. The van der Waals surface area contributed by atoms with E-state index in [4.69, 9.17) is 0 Å². The van der Waals surface area contributed by atoms with E-state index >= 15 is 0 Å². The fourth-order valence-electron chi connectivity index (χ4n) is 2.47. The molecule has 0 amide bonds. The summed E-state index contributed by atoms with van der Waals surface area (Å²) in [7, 11) is 0. The van der Waals surface area contributed by atoms with Crippen LogP contribution in [0.25, 0.3) is 0 Å². The molecule has 4 heteroatoms. The number of rotatable bonds is 6. The van der Waals surface area contributed by atoms with Gasteiger partial charge in [0.1, 0.15) is 0 Å². The predicted octanol–water partition coefficient (Wildman–Crippen LogP) is 2.28. The number of nitrogens with zero attached hydrogens (tertiary/aromatic N) is 3. The SMILES string of the molecule is C=CCn1cc(C)nc1NCCN1CCCCC1. The van der Waals surface area contributed by atoms with Crippen LogP contribution in [0.5, 0.6) is 0 Å². The molecule has 2 heterocycles. The highest BCUT2D eigenvalue weighted by atomic mass is 15.2. The summed E-state index contributed by atoms with van der Waals surface area (Å²) < 4.78 is 2.11. The third-order valence-corrected chi connectivity index (χ3v) is 3.38. The molecule has 0 saturated carbocycles. The Morgan fingerprint density at radius 2 is 2.17 bits per heavy atom. The summed E-state index contributed by atoms with van der Waals surface area (Å²) in [6, 6.07) is 0. The fraction of sp³-hybridized carbons (Fsp3) is 0.643. The van der Waals surface area contributed by atoms with Gasteiger partial charge in [-0.3, -0.25) is 0 Å². The van der Waals surface area contributed by atoms with E-state index in [2.05, 4.69) is 32.5 Å². The van der Waals surface area contributed by atoms with Crippen molar-refractivity contribution in [2.24, 2.45) is 0 Å². The summed E-state index contributed by atoms with van der Waals surface area (Å²) >= 11 is 0. The van der Waals surface area contributed by atoms with Crippen LogP contribution in [0, 0.1) is 6.92 Å². The van der Waals surface area contributed by atoms with E-state index in [0.717, 1.165) is 31.3 Å². The van der Waals surface area contributed by atoms with Crippen molar-refractivity contribution in [3.8, 4) is 0 Å². The van der Waals surface area contributed by atoms with Crippen LogP contribution < -0.4 is 5.32 Å². The van der Waals surface area contributed by atoms with E-state index in [-0.39, 0.29) is 0 Å². The van der Waals surface area contributed by atoms with Crippen LogP contribution in [0.2, 0.25) is 0 Å². The first kappa shape index (κ1) is 13.1. The summed E-state index contributed by atoms with van der Waals surface area (Å²) in [4.78, 5) is 7.03. The van der Waals surface area contributed by atoms with Gasteiger partial charge >= 0.3 is 0 Å². The molecular formula is C14H24N4. The lowest BCUT2D eigenvalue weighted by Gasteiger charge is -2.26. The maximum absolute atomic E-state index is 4.50. The Labute approximate surface area is 110 Å². The molecule has 0 unspecified atom stereocenters. The Morgan fingerprint density at radius 1 is 1.39 bits per heavy atom. The van der Waals surface area contributed by atoms with E-state index in [1.54, 1.807) is 0 Å². The van der Waals surface area contributed by atoms with E-state index < -0.39 is 0 Å². The number of hydrogen-bond acceptors (Lipinski definition) is 3. The molecule has 100 valence electrons. The third-order valence-electron chi connectivity index (χ3n) is 3.38. The zero-order chi connectivity index (χ0) is 12.8. The molecule has 1 aliphatic heterocycles. The van der Waals surface area contributed by atoms with Gasteiger partial charge in [-0.05, 0) is 32.9 Å². The highest BCUT2D eigenvalue weighted by molar-refractivity contribution is 5.29. The average Bonchev–Trinajstić information content (AvgIpc) is 2.72. The Bertz CT molecular complexity index is 377. The van der Waals surface area contributed by atoms with Gasteiger partial charge in [-0.25, -0.2) is 4.98 Å². The number of likely N-dealkylation sites (tertiary alicyclic amines) is 1. The normalized spacial score (nSPS) is 16.7. The van der Waals surface area contributed by atoms with Crippen molar-refractivity contribution in [2.45, 2.75) is 32.7 Å². The van der Waals surface area contributed by atoms with Gasteiger partial charge in [-0.2, -0.15) is 0 Å². The van der Waals surface area contributed by atoms with Crippen molar-refractivity contribution in [2.75, 3.05) is 31.5 Å². The van der Waals surface area contributed by atoms with Gasteiger partial charge in [0.25, 0.3) is 0 Å². The molecule has 18 heavy (non-hydrogen) atoms. The minimum Gasteiger partial charge on any atom is -0.354 e. The highest BCUT2D eigenvalue weighted by Gasteiger charge is 2.10. The van der Waals surface area contributed by atoms with Crippen molar-refractivity contribution in [3.63, 3.8) is 0 Å². The van der Waals surface area contributed by atoms with Gasteiger partial charge in [0, 0.05) is 25.8 Å². The lowest BCUT2D eigenvalue weighted by molar-refractivity contribution is 0.237. The first-order chi connectivity index (χ1) is 8.79. The maximum atomic E-state index is 4.50. The number of nitrogens with one attached hydrogen (secondary N) is 1. The van der Waals surface area contributed by atoms with Gasteiger partial charge < -0.3 is 14.8 Å². The zero-order valence-corrected chi connectivity index (χ0v) is 11.4. The predicted molar refractivity (Wildman–Crippen MR) is 75.9 cm³/mol. The van der Waals surface area contributed by atoms with Crippen LogP contribution in [0.15, 0.2) is 18.9 Å². The first-order valence-electron chi connectivity index (χ1n) is 6.90. The molecule has 0 aromatic carbocycles. The largest absolute Gasteiger partial charge is 0.354 e. The average molecular weight is 248 g/mol. The van der Waals surface area contributed by atoms with Crippen molar-refractivity contribution in [1.29, 1.82) is 0 Å². The molecule has 0 bridgehead atoms. The highest BCUT2D eigenvalue weighted by Crippen LogP contribution is 2.10. The molecule has 1 aromatic rings. The van der Waals surface area contributed by atoms with Crippen molar-refractivity contribution >= 4 is 5.95 Å². The third kappa shape index (κ3) is 3.60. The summed E-state index contributed by atoms with van der Waals surface area (Å²) in [6.07, 6.45) is 8.06. The van der Waals surface area contributed by atoms with Crippen LogP contribution >= 0.6 is 0 Å². The van der Waals surface area contributed by atoms with Crippen molar-refractivity contribution in [1.82, 2.24) is 14.5 Å². The molecule has 1 saturated heterocycles. The number of hydrogen-bond donors (Lipinski definition) is 1. The van der Waals surface area contributed by atoms with Gasteiger partial charge in [-0.1, -0.05) is 12.5 Å².